The summed E-state index contributed by atoms with van der Waals surface area (Å²) in [6, 6.07) is 0.191. The van der Waals surface area contributed by atoms with Crippen molar-refractivity contribution in [2.24, 2.45) is 11.7 Å². The highest BCUT2D eigenvalue weighted by molar-refractivity contribution is 7.52. The average molecular weight is 467 g/mol. The maximum absolute atomic E-state index is 11.4. The van der Waals surface area contributed by atoms with E-state index in [-0.39, 0.29) is 19.1 Å². The standard InChI is InChI=1S/C13H32N3O9P3/c14-13-3-1-12(2-4-13)5-6-15(9-26(17,18)19)7-8-16(10-27(20,21)22)11-28(23,24)25/h12-13H,1-11,14H2,(H2,17,18,19)(H2,20,21,22)(H2,23,24,25). The molecular weight excluding hydrogens is 435 g/mol. The Labute approximate surface area is 164 Å². The van der Waals surface area contributed by atoms with Crippen molar-refractivity contribution in [1.29, 1.82) is 0 Å². The minimum Gasteiger partial charge on any atom is -0.328 e. The van der Waals surface area contributed by atoms with E-state index in [4.69, 9.17) is 25.3 Å². The first-order valence-electron chi connectivity index (χ1n) is 8.97. The molecule has 12 nitrogen and oxygen atoms in total. The van der Waals surface area contributed by atoms with Crippen molar-refractivity contribution in [3.05, 3.63) is 0 Å². The van der Waals surface area contributed by atoms with Gasteiger partial charge in [-0.05, 0) is 44.6 Å². The molecule has 0 heterocycles. The maximum Gasteiger partial charge on any atom is 0.339 e. The van der Waals surface area contributed by atoms with Gasteiger partial charge in [0.25, 0.3) is 0 Å². The molecule has 168 valence electrons. The highest BCUT2D eigenvalue weighted by atomic mass is 31.2. The maximum atomic E-state index is 11.4. The third-order valence-electron chi connectivity index (χ3n) is 4.63. The molecule has 28 heavy (non-hydrogen) atoms. The first-order valence-corrected chi connectivity index (χ1v) is 14.4. The molecule has 0 aromatic heterocycles. The molecule has 0 aromatic rings. The Hall–Kier alpha value is 0.330. The first-order chi connectivity index (χ1) is 12.6. The van der Waals surface area contributed by atoms with Gasteiger partial charge in [0, 0.05) is 19.1 Å². The van der Waals surface area contributed by atoms with Crippen molar-refractivity contribution in [3.8, 4) is 0 Å². The minimum absolute atomic E-state index is 0.0113. The molecule has 15 heteroatoms. The number of nitrogens with two attached hydrogens (primary N) is 1. The van der Waals surface area contributed by atoms with Crippen LogP contribution in [-0.2, 0) is 13.7 Å². The van der Waals surface area contributed by atoms with Crippen LogP contribution in [0.15, 0.2) is 0 Å². The molecule has 1 aliphatic carbocycles. The second-order valence-electron chi connectivity index (χ2n) is 7.50. The second-order valence-corrected chi connectivity index (χ2v) is 12.3. The zero-order valence-electron chi connectivity index (χ0n) is 15.7. The molecule has 1 fully saturated rings. The van der Waals surface area contributed by atoms with Gasteiger partial charge in [-0.1, -0.05) is 0 Å². The number of hydrogen-bond donors (Lipinski definition) is 7. The van der Waals surface area contributed by atoms with Gasteiger partial charge in [0.15, 0.2) is 0 Å². The Morgan fingerprint density at radius 3 is 1.50 bits per heavy atom. The summed E-state index contributed by atoms with van der Waals surface area (Å²) in [6.07, 6.45) is 2.16. The first kappa shape index (κ1) is 26.4. The second kappa shape index (κ2) is 11.1. The summed E-state index contributed by atoms with van der Waals surface area (Å²) in [5.74, 6) is 0.389. The summed E-state index contributed by atoms with van der Waals surface area (Å²) in [6.45, 7) is 0.230. The molecule has 0 aromatic carbocycles. The fourth-order valence-electron chi connectivity index (χ4n) is 3.35. The van der Waals surface area contributed by atoms with E-state index in [0.29, 0.717) is 18.9 Å². The van der Waals surface area contributed by atoms with Gasteiger partial charge < -0.3 is 35.1 Å². The van der Waals surface area contributed by atoms with E-state index in [2.05, 4.69) is 0 Å². The molecule has 8 N–H and O–H groups in total. The average Bonchev–Trinajstić information content (AvgIpc) is 2.47. The molecule has 0 bridgehead atoms. The zero-order chi connectivity index (χ0) is 21.6. The highest BCUT2D eigenvalue weighted by Gasteiger charge is 2.28. The normalized spacial score (nSPS) is 22.2. The van der Waals surface area contributed by atoms with Gasteiger partial charge in [-0.25, -0.2) is 0 Å². The van der Waals surface area contributed by atoms with Gasteiger partial charge in [-0.2, -0.15) is 0 Å². The van der Waals surface area contributed by atoms with Gasteiger partial charge in [0.2, 0.25) is 0 Å². The Balaban J connectivity index is 2.67. The summed E-state index contributed by atoms with van der Waals surface area (Å²) in [5.41, 5.74) is 5.87. The van der Waals surface area contributed by atoms with Gasteiger partial charge in [-0.15, -0.1) is 0 Å². The lowest BCUT2D eigenvalue weighted by molar-refractivity contribution is 0.202. The van der Waals surface area contributed by atoms with E-state index >= 15 is 0 Å². The van der Waals surface area contributed by atoms with Crippen LogP contribution in [-0.4, -0.2) is 83.7 Å². The molecule has 1 rings (SSSR count). The summed E-state index contributed by atoms with van der Waals surface area (Å²) >= 11 is 0. The fraction of sp³-hybridized carbons (Fsp3) is 1.00. The van der Waals surface area contributed by atoms with Crippen LogP contribution < -0.4 is 5.73 Å². The molecule has 0 unspecified atom stereocenters. The Morgan fingerprint density at radius 1 is 0.679 bits per heavy atom. The van der Waals surface area contributed by atoms with Gasteiger partial charge in [0.05, 0.1) is 0 Å². The molecule has 0 amide bonds. The summed E-state index contributed by atoms with van der Waals surface area (Å²) < 4.78 is 33.8. The van der Waals surface area contributed by atoms with Gasteiger partial charge in [-0.3, -0.25) is 23.5 Å². The predicted molar refractivity (Wildman–Crippen MR) is 104 cm³/mol. The third kappa shape index (κ3) is 13.5. The lowest BCUT2D eigenvalue weighted by Gasteiger charge is -2.31. The highest BCUT2D eigenvalue weighted by Crippen LogP contribution is 2.41. The minimum atomic E-state index is -4.55. The molecule has 0 radical (unpaired) electrons. The molecule has 1 aliphatic rings. The molecule has 0 aliphatic heterocycles. The predicted octanol–water partition coefficient (Wildman–Crippen LogP) is -0.0964. The van der Waals surface area contributed by atoms with Crippen molar-refractivity contribution < 1.29 is 43.1 Å². The van der Waals surface area contributed by atoms with Gasteiger partial charge >= 0.3 is 22.8 Å². The molecule has 0 atom stereocenters. The van der Waals surface area contributed by atoms with Crippen LogP contribution >= 0.6 is 22.8 Å². The van der Waals surface area contributed by atoms with E-state index in [0.717, 1.165) is 30.6 Å². The molecule has 0 spiro atoms. The molecular formula is C13H32N3O9P3. The zero-order valence-corrected chi connectivity index (χ0v) is 18.3. The van der Waals surface area contributed by atoms with Crippen molar-refractivity contribution in [2.45, 2.75) is 38.1 Å². The van der Waals surface area contributed by atoms with Crippen LogP contribution in [0.25, 0.3) is 0 Å². The van der Waals surface area contributed by atoms with Gasteiger partial charge in [0.1, 0.15) is 18.9 Å². The number of rotatable bonds is 12. The molecule has 0 saturated heterocycles. The Kier molecular flexibility index (Phi) is 10.4. The van der Waals surface area contributed by atoms with Crippen LogP contribution in [0, 0.1) is 5.92 Å². The number of hydrogen-bond acceptors (Lipinski definition) is 6. The van der Waals surface area contributed by atoms with Crippen molar-refractivity contribution in [1.82, 2.24) is 9.80 Å². The SMILES string of the molecule is NC1CCC(CCN(CCN(CP(=O)(O)O)CP(=O)(O)O)CP(=O)(O)O)CC1. The van der Waals surface area contributed by atoms with Crippen LogP contribution in [0.4, 0.5) is 0 Å². The fourth-order valence-corrected chi connectivity index (χ4v) is 5.83. The van der Waals surface area contributed by atoms with Crippen LogP contribution in [0.2, 0.25) is 0 Å². The summed E-state index contributed by atoms with van der Waals surface area (Å²) in [4.78, 5) is 57.4. The van der Waals surface area contributed by atoms with Crippen molar-refractivity contribution >= 4 is 22.8 Å². The van der Waals surface area contributed by atoms with Crippen LogP contribution in [0.5, 0.6) is 0 Å². The lowest BCUT2D eigenvalue weighted by Crippen LogP contribution is -2.38. The van der Waals surface area contributed by atoms with E-state index in [1.165, 1.54) is 4.90 Å². The van der Waals surface area contributed by atoms with Crippen molar-refractivity contribution in [3.63, 3.8) is 0 Å². The topological polar surface area (TPSA) is 205 Å². The van der Waals surface area contributed by atoms with Crippen LogP contribution in [0.1, 0.15) is 32.1 Å². The Bertz CT molecular complexity index is 588. The molecule has 1 saturated carbocycles. The van der Waals surface area contributed by atoms with Crippen molar-refractivity contribution in [2.75, 3.05) is 38.5 Å². The van der Waals surface area contributed by atoms with E-state index < -0.39 is 41.6 Å². The summed E-state index contributed by atoms with van der Waals surface area (Å²) in [7, 11) is -13.5. The lowest BCUT2D eigenvalue weighted by atomic mass is 9.84. The van der Waals surface area contributed by atoms with Crippen LogP contribution in [0.3, 0.4) is 0 Å². The van der Waals surface area contributed by atoms with E-state index in [1.54, 1.807) is 0 Å². The largest absolute Gasteiger partial charge is 0.339 e. The Morgan fingerprint density at radius 2 is 1.07 bits per heavy atom. The third-order valence-corrected chi connectivity index (χ3v) is 6.94. The number of nitrogens with zero attached hydrogens (tertiary/aromatic N) is 2. The summed E-state index contributed by atoms with van der Waals surface area (Å²) in [5, 5.41) is 0. The monoisotopic (exact) mass is 467 g/mol. The quantitative estimate of drug-likeness (QED) is 0.188. The van der Waals surface area contributed by atoms with E-state index in [1.807, 2.05) is 0 Å². The smallest absolute Gasteiger partial charge is 0.328 e. The van der Waals surface area contributed by atoms with E-state index in [9.17, 15) is 23.5 Å².